The molecule has 4 nitrogen and oxygen atoms in total. The Bertz CT molecular complexity index is 234. The van der Waals surface area contributed by atoms with Gasteiger partial charge in [0.2, 0.25) is 0 Å². The van der Waals surface area contributed by atoms with Gasteiger partial charge in [-0.2, -0.15) is 0 Å². The predicted molar refractivity (Wildman–Crippen MR) is 62.3 cm³/mol. The van der Waals surface area contributed by atoms with E-state index in [2.05, 4.69) is 12.2 Å². The fourth-order valence-corrected chi connectivity index (χ4v) is 2.08. The molecule has 0 aliphatic heterocycles. The summed E-state index contributed by atoms with van der Waals surface area (Å²) in [4.78, 5) is 10.6. The number of carbonyl (C=O) groups is 1. The summed E-state index contributed by atoms with van der Waals surface area (Å²) in [7, 11) is 0. The Balaban J connectivity index is 2.24. The number of carboxylic acids is 1. The second-order valence-electron chi connectivity index (χ2n) is 5.28. The van der Waals surface area contributed by atoms with E-state index in [9.17, 15) is 9.90 Å². The lowest BCUT2D eigenvalue weighted by Gasteiger charge is -2.35. The number of rotatable bonds is 5. The minimum atomic E-state index is -0.795. The molecule has 1 unspecified atom stereocenters. The highest BCUT2D eigenvalue weighted by Crippen LogP contribution is 2.31. The molecule has 1 saturated carbocycles. The van der Waals surface area contributed by atoms with Crippen molar-refractivity contribution in [3.63, 3.8) is 0 Å². The number of aliphatic carboxylic acids is 1. The van der Waals surface area contributed by atoms with Crippen LogP contribution in [0.3, 0.4) is 0 Å². The maximum Gasteiger partial charge on any atom is 0.307 e. The van der Waals surface area contributed by atoms with Crippen LogP contribution < -0.4 is 5.32 Å². The van der Waals surface area contributed by atoms with Crippen molar-refractivity contribution in [3.8, 4) is 0 Å². The van der Waals surface area contributed by atoms with E-state index in [-0.39, 0.29) is 0 Å². The van der Waals surface area contributed by atoms with Crippen LogP contribution in [0, 0.1) is 11.8 Å². The van der Waals surface area contributed by atoms with E-state index in [1.54, 1.807) is 6.92 Å². The van der Waals surface area contributed by atoms with Crippen LogP contribution in [0.25, 0.3) is 0 Å². The Kier molecular flexibility index (Phi) is 4.74. The number of hydrogen-bond donors (Lipinski definition) is 3. The Morgan fingerprint density at radius 2 is 2.06 bits per heavy atom. The molecule has 0 amide bonds. The molecule has 1 atom stereocenters. The summed E-state index contributed by atoms with van der Waals surface area (Å²) >= 11 is 0. The van der Waals surface area contributed by atoms with Gasteiger partial charge in [-0.1, -0.05) is 13.8 Å². The van der Waals surface area contributed by atoms with E-state index in [4.69, 9.17) is 5.11 Å². The molecule has 16 heavy (non-hydrogen) atoms. The van der Waals surface area contributed by atoms with Gasteiger partial charge in [0.1, 0.15) is 0 Å². The van der Waals surface area contributed by atoms with E-state index < -0.39 is 17.5 Å². The monoisotopic (exact) mass is 229 g/mol. The minimum Gasteiger partial charge on any atom is -0.481 e. The summed E-state index contributed by atoms with van der Waals surface area (Å²) in [5, 5.41) is 22.0. The van der Waals surface area contributed by atoms with Crippen molar-refractivity contribution in [1.29, 1.82) is 0 Å². The third kappa shape index (κ3) is 4.10. The molecular formula is C12H23NO3. The highest BCUT2D eigenvalue weighted by Gasteiger charge is 2.31. The first-order valence-corrected chi connectivity index (χ1v) is 6.09. The predicted octanol–water partition coefficient (Wildman–Crippen LogP) is 1.24. The zero-order valence-electron chi connectivity index (χ0n) is 10.2. The van der Waals surface area contributed by atoms with Crippen LogP contribution >= 0.6 is 0 Å². The number of carboxylic acid groups (broad SMARTS) is 1. The summed E-state index contributed by atoms with van der Waals surface area (Å²) in [5.74, 6) is -0.485. The Morgan fingerprint density at radius 3 is 2.56 bits per heavy atom. The van der Waals surface area contributed by atoms with Gasteiger partial charge in [0.05, 0.1) is 11.5 Å². The zero-order chi connectivity index (χ0) is 12.2. The first-order chi connectivity index (χ1) is 7.43. The van der Waals surface area contributed by atoms with E-state index in [0.29, 0.717) is 19.0 Å². The molecule has 1 fully saturated rings. The van der Waals surface area contributed by atoms with E-state index >= 15 is 0 Å². The Morgan fingerprint density at radius 1 is 1.50 bits per heavy atom. The molecule has 0 radical (unpaired) electrons. The standard InChI is InChI=1S/C12H23NO3/c1-9-3-5-12(16,6-4-9)8-13-7-10(2)11(14)15/h9-10,13,16H,3-8H2,1-2H3,(H,14,15). The zero-order valence-corrected chi connectivity index (χ0v) is 10.2. The molecule has 0 saturated heterocycles. The Labute approximate surface area is 97.0 Å². The van der Waals surface area contributed by atoms with E-state index in [1.165, 1.54) is 0 Å². The second kappa shape index (κ2) is 5.64. The number of nitrogens with one attached hydrogen (secondary N) is 1. The van der Waals surface area contributed by atoms with Crippen molar-refractivity contribution >= 4 is 5.97 Å². The lowest BCUT2D eigenvalue weighted by molar-refractivity contribution is -0.141. The van der Waals surface area contributed by atoms with Crippen LogP contribution in [-0.2, 0) is 4.79 Å². The van der Waals surface area contributed by atoms with Crippen LogP contribution in [0.2, 0.25) is 0 Å². The molecular weight excluding hydrogens is 206 g/mol. The molecule has 0 heterocycles. The molecule has 94 valence electrons. The summed E-state index contributed by atoms with van der Waals surface area (Å²) < 4.78 is 0. The quantitative estimate of drug-likeness (QED) is 0.663. The normalized spacial score (nSPS) is 32.3. The lowest BCUT2D eigenvalue weighted by atomic mass is 9.79. The van der Waals surface area contributed by atoms with Gasteiger partial charge in [0, 0.05) is 13.1 Å². The maximum absolute atomic E-state index is 10.6. The van der Waals surface area contributed by atoms with Gasteiger partial charge in [-0.15, -0.1) is 0 Å². The highest BCUT2D eigenvalue weighted by atomic mass is 16.4. The maximum atomic E-state index is 10.6. The van der Waals surface area contributed by atoms with Gasteiger partial charge in [0.15, 0.2) is 0 Å². The molecule has 0 aromatic rings. The molecule has 1 rings (SSSR count). The van der Waals surface area contributed by atoms with Gasteiger partial charge in [-0.25, -0.2) is 0 Å². The van der Waals surface area contributed by atoms with Crippen molar-refractivity contribution in [2.24, 2.45) is 11.8 Å². The van der Waals surface area contributed by atoms with Crippen LogP contribution in [0.15, 0.2) is 0 Å². The Hall–Kier alpha value is -0.610. The molecule has 0 aromatic heterocycles. The molecule has 3 N–H and O–H groups in total. The summed E-state index contributed by atoms with van der Waals surface area (Å²) in [5.41, 5.74) is -0.620. The minimum absolute atomic E-state index is 0.397. The first kappa shape index (κ1) is 13.5. The van der Waals surface area contributed by atoms with Gasteiger partial charge < -0.3 is 15.5 Å². The molecule has 4 heteroatoms. The van der Waals surface area contributed by atoms with Gasteiger partial charge in [-0.3, -0.25) is 4.79 Å². The molecule has 0 aromatic carbocycles. The van der Waals surface area contributed by atoms with Crippen LogP contribution in [0.5, 0.6) is 0 Å². The largest absolute Gasteiger partial charge is 0.481 e. The van der Waals surface area contributed by atoms with Gasteiger partial charge >= 0.3 is 5.97 Å². The summed E-state index contributed by atoms with van der Waals surface area (Å²) in [6.45, 7) is 4.81. The SMILES string of the molecule is CC1CCC(O)(CNCC(C)C(=O)O)CC1. The first-order valence-electron chi connectivity index (χ1n) is 6.09. The van der Waals surface area contributed by atoms with Gasteiger partial charge in [-0.05, 0) is 31.6 Å². The van der Waals surface area contributed by atoms with Gasteiger partial charge in [0.25, 0.3) is 0 Å². The molecule has 1 aliphatic rings. The van der Waals surface area contributed by atoms with Crippen molar-refractivity contribution < 1.29 is 15.0 Å². The van der Waals surface area contributed by atoms with Crippen LogP contribution in [0.4, 0.5) is 0 Å². The van der Waals surface area contributed by atoms with E-state index in [1.807, 2.05) is 0 Å². The van der Waals surface area contributed by atoms with Crippen molar-refractivity contribution in [3.05, 3.63) is 0 Å². The third-order valence-electron chi connectivity index (χ3n) is 3.53. The molecule has 1 aliphatic carbocycles. The van der Waals surface area contributed by atoms with Crippen molar-refractivity contribution in [2.45, 2.75) is 45.1 Å². The second-order valence-corrected chi connectivity index (χ2v) is 5.28. The highest BCUT2D eigenvalue weighted by molar-refractivity contribution is 5.69. The third-order valence-corrected chi connectivity index (χ3v) is 3.53. The number of hydrogen-bond acceptors (Lipinski definition) is 3. The fourth-order valence-electron chi connectivity index (χ4n) is 2.08. The van der Waals surface area contributed by atoms with Crippen LogP contribution in [0.1, 0.15) is 39.5 Å². The topological polar surface area (TPSA) is 69.6 Å². The van der Waals surface area contributed by atoms with Crippen LogP contribution in [-0.4, -0.2) is 34.9 Å². The lowest BCUT2D eigenvalue weighted by Crippen LogP contribution is -2.44. The number of aliphatic hydroxyl groups is 1. The smallest absolute Gasteiger partial charge is 0.307 e. The average molecular weight is 229 g/mol. The van der Waals surface area contributed by atoms with E-state index in [0.717, 1.165) is 25.7 Å². The molecule has 0 spiro atoms. The summed E-state index contributed by atoms with van der Waals surface area (Å²) in [6, 6.07) is 0. The van der Waals surface area contributed by atoms with Crippen molar-refractivity contribution in [1.82, 2.24) is 5.32 Å². The fraction of sp³-hybridized carbons (Fsp3) is 0.917. The van der Waals surface area contributed by atoms with Crippen molar-refractivity contribution in [2.75, 3.05) is 13.1 Å². The molecule has 0 bridgehead atoms. The average Bonchev–Trinajstić information content (AvgIpc) is 2.23. The summed E-state index contributed by atoms with van der Waals surface area (Å²) in [6.07, 6.45) is 3.77.